The van der Waals surface area contributed by atoms with Crippen LogP contribution in [0.4, 0.5) is 5.69 Å². The van der Waals surface area contributed by atoms with Crippen molar-refractivity contribution in [1.29, 1.82) is 0 Å². The first kappa shape index (κ1) is 13.5. The minimum atomic E-state index is 0.493. The molecule has 0 aliphatic heterocycles. The Morgan fingerprint density at radius 1 is 1.22 bits per heavy atom. The van der Waals surface area contributed by atoms with Gasteiger partial charge in [0.1, 0.15) is 0 Å². The number of rotatable bonds is 3. The minimum absolute atomic E-state index is 0.493. The zero-order valence-electron chi connectivity index (χ0n) is 12.5. The Balaban J connectivity index is 2.08. The van der Waals surface area contributed by atoms with E-state index in [9.17, 15) is 0 Å². The molecular weight excluding hydrogens is 218 g/mol. The number of hydrogen-bond acceptors (Lipinski definition) is 1. The Labute approximate surface area is 112 Å². The number of benzene rings is 1. The number of anilines is 1. The minimum Gasteiger partial charge on any atom is -0.382 e. The highest BCUT2D eigenvalue weighted by Crippen LogP contribution is 2.42. The molecule has 1 nitrogen and oxygen atoms in total. The molecule has 0 bridgehead atoms. The largest absolute Gasteiger partial charge is 0.382 e. The van der Waals surface area contributed by atoms with Gasteiger partial charge < -0.3 is 5.32 Å². The zero-order chi connectivity index (χ0) is 13.3. The van der Waals surface area contributed by atoms with Crippen LogP contribution >= 0.6 is 0 Å². The molecule has 1 saturated carbocycles. The summed E-state index contributed by atoms with van der Waals surface area (Å²) in [7, 11) is 0. The molecule has 18 heavy (non-hydrogen) atoms. The highest BCUT2D eigenvalue weighted by Gasteiger charge is 2.36. The van der Waals surface area contributed by atoms with E-state index < -0.39 is 0 Å². The van der Waals surface area contributed by atoms with Gasteiger partial charge in [-0.3, -0.25) is 0 Å². The fourth-order valence-electron chi connectivity index (χ4n) is 3.29. The second kappa shape index (κ2) is 4.95. The summed E-state index contributed by atoms with van der Waals surface area (Å²) in [5.74, 6) is 1.37. The lowest BCUT2D eigenvalue weighted by Crippen LogP contribution is -2.22. The van der Waals surface area contributed by atoms with Gasteiger partial charge in [-0.2, -0.15) is 0 Å². The molecule has 100 valence electrons. The van der Waals surface area contributed by atoms with E-state index in [1.807, 2.05) is 0 Å². The molecule has 2 atom stereocenters. The summed E-state index contributed by atoms with van der Waals surface area (Å²) in [6.45, 7) is 11.6. The second-order valence-corrected chi connectivity index (χ2v) is 7.08. The molecule has 1 N–H and O–H groups in total. The predicted octanol–water partition coefficient (Wildman–Crippen LogP) is 5.05. The van der Waals surface area contributed by atoms with E-state index in [0.717, 1.165) is 5.92 Å². The van der Waals surface area contributed by atoms with Crippen LogP contribution in [-0.2, 0) is 0 Å². The van der Waals surface area contributed by atoms with Crippen molar-refractivity contribution >= 4 is 5.69 Å². The van der Waals surface area contributed by atoms with E-state index in [4.69, 9.17) is 0 Å². The van der Waals surface area contributed by atoms with Gasteiger partial charge in [0, 0.05) is 11.7 Å². The van der Waals surface area contributed by atoms with E-state index in [-0.39, 0.29) is 0 Å². The molecule has 2 unspecified atom stereocenters. The molecule has 2 rings (SSSR count). The Morgan fingerprint density at radius 3 is 2.50 bits per heavy atom. The third-order valence-corrected chi connectivity index (χ3v) is 4.24. The van der Waals surface area contributed by atoms with E-state index >= 15 is 0 Å². The van der Waals surface area contributed by atoms with Crippen molar-refractivity contribution in [2.24, 2.45) is 11.3 Å². The molecule has 1 aromatic rings. The van der Waals surface area contributed by atoms with Crippen LogP contribution in [0.1, 0.15) is 58.9 Å². The quantitative estimate of drug-likeness (QED) is 0.786. The molecule has 0 saturated heterocycles. The summed E-state index contributed by atoms with van der Waals surface area (Å²) in [6, 6.07) is 9.52. The number of nitrogens with one attached hydrogen (secondary N) is 1. The van der Waals surface area contributed by atoms with Gasteiger partial charge in [-0.15, -0.1) is 0 Å². The van der Waals surface area contributed by atoms with E-state index in [1.54, 1.807) is 0 Å². The van der Waals surface area contributed by atoms with Gasteiger partial charge in [0.05, 0.1) is 0 Å². The normalized spacial score (nSPS) is 26.6. The van der Waals surface area contributed by atoms with Crippen molar-refractivity contribution in [1.82, 2.24) is 0 Å². The third kappa shape index (κ3) is 3.07. The first-order valence-electron chi connectivity index (χ1n) is 7.24. The first-order chi connectivity index (χ1) is 8.37. The summed E-state index contributed by atoms with van der Waals surface area (Å²) in [5, 5.41) is 3.74. The topological polar surface area (TPSA) is 12.0 Å². The van der Waals surface area contributed by atoms with Crippen molar-refractivity contribution in [2.45, 2.75) is 59.4 Å². The standard InChI is InChI=1S/C17H27N/c1-12(2)14-7-6-8-15(9-14)18-16-11-17(4,5)10-13(16)3/h6-9,12-13,16,18H,10-11H2,1-5H3. The predicted molar refractivity (Wildman–Crippen MR) is 80.1 cm³/mol. The lowest BCUT2D eigenvalue weighted by atomic mass is 9.91. The van der Waals surface area contributed by atoms with Crippen LogP contribution in [0.15, 0.2) is 24.3 Å². The lowest BCUT2D eigenvalue weighted by Gasteiger charge is -2.20. The molecule has 1 aliphatic rings. The van der Waals surface area contributed by atoms with Crippen molar-refractivity contribution in [3.8, 4) is 0 Å². The highest BCUT2D eigenvalue weighted by molar-refractivity contribution is 5.47. The molecule has 1 fully saturated rings. The second-order valence-electron chi connectivity index (χ2n) is 7.08. The summed E-state index contributed by atoms with van der Waals surface area (Å²) in [6.07, 6.45) is 2.61. The summed E-state index contributed by atoms with van der Waals surface area (Å²) < 4.78 is 0. The van der Waals surface area contributed by atoms with Crippen LogP contribution in [0.3, 0.4) is 0 Å². The van der Waals surface area contributed by atoms with Crippen LogP contribution in [0.5, 0.6) is 0 Å². The number of hydrogen-bond donors (Lipinski definition) is 1. The maximum atomic E-state index is 3.74. The fraction of sp³-hybridized carbons (Fsp3) is 0.647. The zero-order valence-corrected chi connectivity index (χ0v) is 12.5. The summed E-state index contributed by atoms with van der Waals surface area (Å²) in [5.41, 5.74) is 3.20. The van der Waals surface area contributed by atoms with Gasteiger partial charge in [-0.25, -0.2) is 0 Å². The maximum absolute atomic E-state index is 3.74. The van der Waals surface area contributed by atoms with Gasteiger partial charge in [0.2, 0.25) is 0 Å². The van der Waals surface area contributed by atoms with Crippen molar-refractivity contribution < 1.29 is 0 Å². The van der Waals surface area contributed by atoms with Crippen LogP contribution in [0.2, 0.25) is 0 Å². The molecular formula is C17H27N. The Hall–Kier alpha value is -0.980. The van der Waals surface area contributed by atoms with Gasteiger partial charge in [-0.05, 0) is 47.8 Å². The monoisotopic (exact) mass is 245 g/mol. The van der Waals surface area contributed by atoms with E-state index in [0.29, 0.717) is 17.4 Å². The molecule has 1 heteroatoms. The third-order valence-electron chi connectivity index (χ3n) is 4.24. The SMILES string of the molecule is CC(C)c1cccc(NC2CC(C)(C)CC2C)c1. The van der Waals surface area contributed by atoms with Crippen LogP contribution in [-0.4, -0.2) is 6.04 Å². The first-order valence-corrected chi connectivity index (χ1v) is 7.24. The van der Waals surface area contributed by atoms with Gasteiger partial charge in [0.15, 0.2) is 0 Å². The Morgan fingerprint density at radius 2 is 1.94 bits per heavy atom. The maximum Gasteiger partial charge on any atom is 0.0345 e. The smallest absolute Gasteiger partial charge is 0.0345 e. The fourth-order valence-corrected chi connectivity index (χ4v) is 3.29. The average Bonchev–Trinajstić information content (AvgIpc) is 2.52. The molecule has 1 aromatic carbocycles. The van der Waals surface area contributed by atoms with Crippen LogP contribution in [0.25, 0.3) is 0 Å². The Kier molecular flexibility index (Phi) is 3.70. The van der Waals surface area contributed by atoms with Gasteiger partial charge >= 0.3 is 0 Å². The Bertz CT molecular complexity index is 406. The molecule has 0 amide bonds. The van der Waals surface area contributed by atoms with Crippen molar-refractivity contribution in [3.05, 3.63) is 29.8 Å². The van der Waals surface area contributed by atoms with E-state index in [1.165, 1.54) is 24.1 Å². The molecule has 1 aliphatic carbocycles. The molecule has 0 heterocycles. The molecule has 0 radical (unpaired) electrons. The average molecular weight is 245 g/mol. The summed E-state index contributed by atoms with van der Waals surface area (Å²) >= 11 is 0. The lowest BCUT2D eigenvalue weighted by molar-refractivity contribution is 0.366. The van der Waals surface area contributed by atoms with Crippen molar-refractivity contribution in [3.63, 3.8) is 0 Å². The highest BCUT2D eigenvalue weighted by atomic mass is 14.9. The van der Waals surface area contributed by atoms with Crippen LogP contribution < -0.4 is 5.32 Å². The van der Waals surface area contributed by atoms with E-state index in [2.05, 4.69) is 64.2 Å². The van der Waals surface area contributed by atoms with Gasteiger partial charge in [0.25, 0.3) is 0 Å². The molecule has 0 spiro atoms. The van der Waals surface area contributed by atoms with Crippen LogP contribution in [0, 0.1) is 11.3 Å². The summed E-state index contributed by atoms with van der Waals surface area (Å²) in [4.78, 5) is 0. The molecule has 0 aromatic heterocycles. The van der Waals surface area contributed by atoms with Crippen molar-refractivity contribution in [2.75, 3.05) is 5.32 Å². The van der Waals surface area contributed by atoms with Gasteiger partial charge in [-0.1, -0.05) is 46.8 Å².